The lowest BCUT2D eigenvalue weighted by molar-refractivity contribution is 1.25. The Hall–Kier alpha value is -1.42. The summed E-state index contributed by atoms with van der Waals surface area (Å²) in [6, 6.07) is 8.15. The van der Waals surface area contributed by atoms with Gasteiger partial charge in [-0.1, -0.05) is 12.1 Å². The van der Waals surface area contributed by atoms with Crippen LogP contribution in [0.15, 0.2) is 30.6 Å². The molecule has 4 heteroatoms. The second kappa shape index (κ2) is 3.03. The summed E-state index contributed by atoms with van der Waals surface area (Å²) in [5, 5.41) is 1.13. The van der Waals surface area contributed by atoms with E-state index < -0.39 is 0 Å². The van der Waals surface area contributed by atoms with Gasteiger partial charge in [0.25, 0.3) is 0 Å². The van der Waals surface area contributed by atoms with Gasteiger partial charge in [-0.3, -0.25) is 8.58 Å². The molecule has 74 valence electrons. The Kier molecular flexibility index (Phi) is 1.79. The summed E-state index contributed by atoms with van der Waals surface area (Å²) in [6.45, 7) is 1.99. The summed E-state index contributed by atoms with van der Waals surface area (Å²) in [5.74, 6) is 0. The van der Waals surface area contributed by atoms with Crippen LogP contribution in [0, 0.1) is 6.92 Å². The number of benzene rings is 1. The topological polar surface area (TPSA) is 30.7 Å². The molecule has 3 rings (SSSR count). The predicted octanol–water partition coefficient (Wildman–Crippen LogP) is 3.05. The van der Waals surface area contributed by atoms with Gasteiger partial charge >= 0.3 is 0 Å². The van der Waals surface area contributed by atoms with Crippen molar-refractivity contribution in [1.29, 1.82) is 0 Å². The Morgan fingerprint density at radius 2 is 2.00 bits per heavy atom. The van der Waals surface area contributed by atoms with Gasteiger partial charge in [0, 0.05) is 11.1 Å². The first-order valence-electron chi connectivity index (χ1n) is 4.65. The molecule has 0 saturated heterocycles. The summed E-state index contributed by atoms with van der Waals surface area (Å²) in [7, 11) is 0. The molecular weight excluding hydrogens is 254 g/mol. The number of halogens is 1. The fraction of sp³-hybridized carbons (Fsp3) is 0.0909. The number of aromatic nitrogens is 3. The van der Waals surface area contributed by atoms with Gasteiger partial charge < -0.3 is 0 Å². The van der Waals surface area contributed by atoms with Crippen LogP contribution in [0.4, 0.5) is 0 Å². The third kappa shape index (κ3) is 1.25. The second-order valence-corrected chi connectivity index (χ2v) is 4.28. The van der Waals surface area contributed by atoms with Crippen molar-refractivity contribution < 1.29 is 0 Å². The number of pyridine rings is 1. The zero-order chi connectivity index (χ0) is 10.4. The first kappa shape index (κ1) is 8.85. The quantitative estimate of drug-likeness (QED) is 0.623. The standard InChI is InChI=1S/C11H8BrN3/c1-7-2-3-8-4-5-9-11(10(8)14-7)15(12)6-13-9/h2-6H,1H3. The van der Waals surface area contributed by atoms with Crippen LogP contribution in [0.5, 0.6) is 0 Å². The molecule has 1 aromatic carbocycles. The third-order valence-electron chi connectivity index (χ3n) is 2.47. The maximum atomic E-state index is 4.55. The second-order valence-electron chi connectivity index (χ2n) is 3.51. The molecule has 0 aliphatic carbocycles. The molecular formula is C11H8BrN3. The number of hydrogen-bond acceptors (Lipinski definition) is 2. The first-order chi connectivity index (χ1) is 7.25. The van der Waals surface area contributed by atoms with Crippen molar-refractivity contribution in [1.82, 2.24) is 13.6 Å². The van der Waals surface area contributed by atoms with Crippen LogP contribution in [0.3, 0.4) is 0 Å². The SMILES string of the molecule is Cc1ccc2ccc3ncn(Br)c3c2n1. The van der Waals surface area contributed by atoms with E-state index in [0.29, 0.717) is 0 Å². The molecule has 0 spiro atoms. The van der Waals surface area contributed by atoms with E-state index in [0.717, 1.165) is 27.6 Å². The van der Waals surface area contributed by atoms with Gasteiger partial charge in [-0.15, -0.1) is 0 Å². The van der Waals surface area contributed by atoms with Gasteiger partial charge in [-0.25, -0.2) is 4.98 Å². The predicted molar refractivity (Wildman–Crippen MR) is 64.1 cm³/mol. The van der Waals surface area contributed by atoms with Gasteiger partial charge in [0.15, 0.2) is 0 Å². The first-order valence-corrected chi connectivity index (χ1v) is 5.36. The van der Waals surface area contributed by atoms with Crippen LogP contribution in [0.1, 0.15) is 5.69 Å². The highest BCUT2D eigenvalue weighted by atomic mass is 79.9. The zero-order valence-corrected chi connectivity index (χ0v) is 9.69. The van der Waals surface area contributed by atoms with E-state index in [4.69, 9.17) is 0 Å². The Labute approximate surface area is 95.1 Å². The molecule has 15 heavy (non-hydrogen) atoms. The van der Waals surface area contributed by atoms with Gasteiger partial charge in [0.05, 0.1) is 27.2 Å². The fourth-order valence-electron chi connectivity index (χ4n) is 1.75. The Bertz CT molecular complexity index is 657. The minimum absolute atomic E-state index is 0.956. The van der Waals surface area contributed by atoms with Crippen LogP contribution in [-0.4, -0.2) is 13.6 Å². The van der Waals surface area contributed by atoms with Crippen molar-refractivity contribution in [2.24, 2.45) is 0 Å². The Morgan fingerprint density at radius 3 is 2.87 bits per heavy atom. The average Bonchev–Trinajstić information content (AvgIpc) is 2.60. The van der Waals surface area contributed by atoms with Gasteiger partial charge in [-0.2, -0.15) is 0 Å². The van der Waals surface area contributed by atoms with Crippen LogP contribution in [0.2, 0.25) is 0 Å². The summed E-state index contributed by atoms with van der Waals surface area (Å²) < 4.78 is 1.83. The molecule has 3 nitrogen and oxygen atoms in total. The Balaban J connectivity index is 2.61. The summed E-state index contributed by atoms with van der Waals surface area (Å²) in [5.41, 5.74) is 3.99. The lowest BCUT2D eigenvalue weighted by atomic mass is 10.2. The molecule has 0 amide bonds. The highest BCUT2D eigenvalue weighted by Gasteiger charge is 2.06. The molecule has 0 bridgehead atoms. The Morgan fingerprint density at radius 1 is 1.20 bits per heavy atom. The van der Waals surface area contributed by atoms with Crippen LogP contribution >= 0.6 is 16.1 Å². The summed E-state index contributed by atoms with van der Waals surface area (Å²) in [4.78, 5) is 8.82. The van der Waals surface area contributed by atoms with E-state index >= 15 is 0 Å². The third-order valence-corrected chi connectivity index (χ3v) is 3.00. The minimum Gasteiger partial charge on any atom is -0.262 e. The molecule has 0 unspecified atom stereocenters. The number of rotatable bonds is 0. The van der Waals surface area contributed by atoms with E-state index in [1.54, 1.807) is 6.33 Å². The van der Waals surface area contributed by atoms with Gasteiger partial charge in [0.2, 0.25) is 0 Å². The number of nitrogens with zero attached hydrogens (tertiary/aromatic N) is 3. The molecule has 0 N–H and O–H groups in total. The van der Waals surface area contributed by atoms with E-state index in [9.17, 15) is 0 Å². The van der Waals surface area contributed by atoms with E-state index in [-0.39, 0.29) is 0 Å². The number of hydrogen-bond donors (Lipinski definition) is 0. The fourth-order valence-corrected chi connectivity index (χ4v) is 2.19. The molecule has 0 atom stereocenters. The normalized spacial score (nSPS) is 11.3. The molecule has 0 radical (unpaired) electrons. The molecule has 0 fully saturated rings. The van der Waals surface area contributed by atoms with Crippen molar-refractivity contribution in [3.05, 3.63) is 36.3 Å². The van der Waals surface area contributed by atoms with Crippen molar-refractivity contribution in [3.8, 4) is 0 Å². The molecule has 3 aromatic rings. The van der Waals surface area contributed by atoms with Crippen molar-refractivity contribution in [2.75, 3.05) is 0 Å². The van der Waals surface area contributed by atoms with E-state index in [1.165, 1.54) is 0 Å². The number of aryl methyl sites for hydroxylation is 1. The monoisotopic (exact) mass is 261 g/mol. The van der Waals surface area contributed by atoms with Gasteiger partial charge in [0.1, 0.15) is 11.8 Å². The molecule has 0 aliphatic heterocycles. The number of imidazole rings is 1. The summed E-state index contributed by atoms with van der Waals surface area (Å²) in [6.07, 6.45) is 1.74. The maximum absolute atomic E-state index is 4.55. The molecule has 0 saturated carbocycles. The van der Waals surface area contributed by atoms with E-state index in [1.807, 2.05) is 28.7 Å². The minimum atomic E-state index is 0.956. The highest BCUT2D eigenvalue weighted by molar-refractivity contribution is 9.08. The highest BCUT2D eigenvalue weighted by Crippen LogP contribution is 2.24. The van der Waals surface area contributed by atoms with Gasteiger partial charge in [-0.05, 0) is 19.1 Å². The van der Waals surface area contributed by atoms with Crippen molar-refractivity contribution in [2.45, 2.75) is 6.92 Å². The average molecular weight is 262 g/mol. The van der Waals surface area contributed by atoms with Crippen LogP contribution in [-0.2, 0) is 0 Å². The van der Waals surface area contributed by atoms with E-state index in [2.05, 4.69) is 32.2 Å². The lowest BCUT2D eigenvalue weighted by Crippen LogP contribution is -1.86. The van der Waals surface area contributed by atoms with Crippen LogP contribution < -0.4 is 0 Å². The smallest absolute Gasteiger partial charge is 0.106 e. The summed E-state index contributed by atoms with van der Waals surface area (Å²) >= 11 is 3.43. The molecule has 0 aliphatic rings. The zero-order valence-electron chi connectivity index (χ0n) is 8.11. The lowest BCUT2D eigenvalue weighted by Gasteiger charge is -2.01. The number of fused-ring (bicyclic) bond motifs is 3. The van der Waals surface area contributed by atoms with Crippen molar-refractivity contribution in [3.63, 3.8) is 0 Å². The largest absolute Gasteiger partial charge is 0.262 e. The molecule has 2 heterocycles. The molecule has 2 aromatic heterocycles. The van der Waals surface area contributed by atoms with Crippen LogP contribution in [0.25, 0.3) is 21.9 Å². The van der Waals surface area contributed by atoms with Crippen molar-refractivity contribution >= 4 is 38.1 Å². The maximum Gasteiger partial charge on any atom is 0.106 e.